The number of amides is 1. The Bertz CT molecular complexity index is 1010. The van der Waals surface area contributed by atoms with Crippen molar-refractivity contribution in [3.05, 3.63) is 89.5 Å². The van der Waals surface area contributed by atoms with Gasteiger partial charge in [0.15, 0.2) is 0 Å². The molecule has 1 N–H and O–H groups in total. The van der Waals surface area contributed by atoms with Crippen molar-refractivity contribution in [1.82, 2.24) is 5.32 Å². The molecule has 1 aliphatic rings. The van der Waals surface area contributed by atoms with Crippen molar-refractivity contribution in [3.63, 3.8) is 0 Å². The van der Waals surface area contributed by atoms with Crippen LogP contribution in [-0.4, -0.2) is 18.6 Å². The largest absolute Gasteiger partial charge is 0.488 e. The number of halogens is 2. The van der Waals surface area contributed by atoms with Gasteiger partial charge < -0.3 is 14.8 Å². The molecule has 0 unspecified atom stereocenters. The van der Waals surface area contributed by atoms with Gasteiger partial charge in [0.1, 0.15) is 35.0 Å². The van der Waals surface area contributed by atoms with E-state index in [0.717, 1.165) is 35.3 Å². The summed E-state index contributed by atoms with van der Waals surface area (Å²) in [5.74, 6) is 0.0443. The molecular weight excluding hydrogens is 364 g/mol. The van der Waals surface area contributed by atoms with Crippen molar-refractivity contribution >= 4 is 5.91 Å². The monoisotopic (exact) mass is 381 g/mol. The fraction of sp³-hybridized carbons (Fsp3) is 0.136. The van der Waals surface area contributed by atoms with E-state index in [9.17, 15) is 13.6 Å². The predicted octanol–water partition coefficient (Wildman–Crippen LogP) is 4.49. The third-order valence-electron chi connectivity index (χ3n) is 4.42. The minimum atomic E-state index is -0.766. The molecule has 1 atom stereocenters. The summed E-state index contributed by atoms with van der Waals surface area (Å²) in [6.45, 7) is 0.179. The Morgan fingerprint density at radius 2 is 1.86 bits per heavy atom. The highest BCUT2D eigenvalue weighted by Gasteiger charge is 2.24. The van der Waals surface area contributed by atoms with E-state index >= 15 is 0 Å². The highest BCUT2D eigenvalue weighted by molar-refractivity contribution is 5.94. The second-order valence-electron chi connectivity index (χ2n) is 6.46. The maximum atomic E-state index is 13.7. The number of ether oxygens (including phenoxy) is 2. The third kappa shape index (κ3) is 3.96. The van der Waals surface area contributed by atoms with Gasteiger partial charge >= 0.3 is 0 Å². The van der Waals surface area contributed by atoms with E-state index in [1.54, 1.807) is 0 Å². The molecule has 3 aromatic rings. The molecule has 6 heteroatoms. The number of para-hydroxylation sites is 1. The molecule has 28 heavy (non-hydrogen) atoms. The lowest BCUT2D eigenvalue weighted by Crippen LogP contribution is -2.34. The zero-order chi connectivity index (χ0) is 19.5. The lowest BCUT2D eigenvalue weighted by molar-refractivity contribution is 0.0929. The van der Waals surface area contributed by atoms with E-state index < -0.39 is 17.5 Å². The Morgan fingerprint density at radius 3 is 2.68 bits per heavy atom. The van der Waals surface area contributed by atoms with Crippen LogP contribution in [0.25, 0.3) is 0 Å². The fourth-order valence-corrected chi connectivity index (χ4v) is 3.07. The van der Waals surface area contributed by atoms with E-state index in [0.29, 0.717) is 12.2 Å². The molecule has 0 saturated heterocycles. The molecule has 1 heterocycles. The van der Waals surface area contributed by atoms with Crippen molar-refractivity contribution in [2.45, 2.75) is 12.5 Å². The second kappa shape index (κ2) is 7.68. The van der Waals surface area contributed by atoms with E-state index in [1.165, 1.54) is 0 Å². The molecule has 3 aromatic carbocycles. The molecule has 1 aliphatic heterocycles. The number of hydrogen-bond acceptors (Lipinski definition) is 3. The molecule has 0 bridgehead atoms. The van der Waals surface area contributed by atoms with Crippen LogP contribution >= 0.6 is 0 Å². The van der Waals surface area contributed by atoms with Crippen molar-refractivity contribution in [1.29, 1.82) is 0 Å². The van der Waals surface area contributed by atoms with Crippen molar-refractivity contribution < 1.29 is 23.0 Å². The Morgan fingerprint density at radius 1 is 1.04 bits per heavy atom. The standard InChI is InChI=1S/C22H17F2NO3/c23-15-6-8-20(24)19(12-15)22(26)25-13-18-11-14-10-17(7-9-21(14)28-18)27-16-4-2-1-3-5-16/h1-10,12,18H,11,13H2,(H,25,26)/t18-/m1/s1. The van der Waals surface area contributed by atoms with E-state index in [-0.39, 0.29) is 18.2 Å². The second-order valence-corrected chi connectivity index (χ2v) is 6.46. The van der Waals surface area contributed by atoms with Crippen LogP contribution in [0.2, 0.25) is 0 Å². The number of carbonyl (C=O) groups is 1. The molecule has 0 radical (unpaired) electrons. The summed E-state index contributed by atoms with van der Waals surface area (Å²) in [6, 6.07) is 17.8. The lowest BCUT2D eigenvalue weighted by Gasteiger charge is -2.12. The SMILES string of the molecule is O=C(NC[C@H]1Cc2cc(Oc3ccccc3)ccc2O1)c1cc(F)ccc1F. The van der Waals surface area contributed by atoms with Crippen LogP contribution in [0.1, 0.15) is 15.9 Å². The summed E-state index contributed by atoms with van der Waals surface area (Å²) in [6.07, 6.45) is 0.287. The summed E-state index contributed by atoms with van der Waals surface area (Å²) in [5, 5.41) is 2.60. The Labute approximate surface area is 160 Å². The van der Waals surface area contributed by atoms with Crippen LogP contribution in [0.3, 0.4) is 0 Å². The summed E-state index contributed by atoms with van der Waals surface area (Å²) in [5.41, 5.74) is 0.638. The van der Waals surface area contributed by atoms with Crippen LogP contribution in [0.5, 0.6) is 17.2 Å². The van der Waals surface area contributed by atoms with Crippen LogP contribution in [0, 0.1) is 11.6 Å². The highest BCUT2D eigenvalue weighted by atomic mass is 19.1. The molecule has 0 saturated carbocycles. The molecule has 0 aromatic heterocycles. The fourth-order valence-electron chi connectivity index (χ4n) is 3.07. The Balaban J connectivity index is 1.37. The quantitative estimate of drug-likeness (QED) is 0.708. The number of nitrogens with one attached hydrogen (secondary N) is 1. The average molecular weight is 381 g/mol. The molecule has 0 aliphatic carbocycles. The molecule has 0 fully saturated rings. The number of rotatable bonds is 5. The van der Waals surface area contributed by atoms with Gasteiger partial charge in [-0.2, -0.15) is 0 Å². The number of carbonyl (C=O) groups excluding carboxylic acids is 1. The smallest absolute Gasteiger partial charge is 0.254 e. The summed E-state index contributed by atoms with van der Waals surface area (Å²) >= 11 is 0. The van der Waals surface area contributed by atoms with Gasteiger partial charge in [0.05, 0.1) is 12.1 Å². The average Bonchev–Trinajstić information content (AvgIpc) is 3.11. The summed E-state index contributed by atoms with van der Waals surface area (Å²) < 4.78 is 38.6. The first-order valence-corrected chi connectivity index (χ1v) is 8.84. The molecule has 142 valence electrons. The van der Waals surface area contributed by atoms with Gasteiger partial charge in [0, 0.05) is 12.0 Å². The third-order valence-corrected chi connectivity index (χ3v) is 4.42. The van der Waals surface area contributed by atoms with Crippen molar-refractivity contribution in [2.24, 2.45) is 0 Å². The Kier molecular flexibility index (Phi) is 4.93. The first-order valence-electron chi connectivity index (χ1n) is 8.84. The first kappa shape index (κ1) is 18.0. The molecular formula is C22H17F2NO3. The van der Waals surface area contributed by atoms with Gasteiger partial charge in [0.2, 0.25) is 0 Å². The van der Waals surface area contributed by atoms with Gasteiger partial charge in [-0.25, -0.2) is 8.78 Å². The summed E-state index contributed by atoms with van der Waals surface area (Å²) in [7, 11) is 0. The van der Waals surface area contributed by atoms with E-state index in [1.807, 2.05) is 48.5 Å². The molecule has 4 nitrogen and oxygen atoms in total. The van der Waals surface area contributed by atoms with Crippen LogP contribution < -0.4 is 14.8 Å². The van der Waals surface area contributed by atoms with Gasteiger partial charge in [-0.1, -0.05) is 18.2 Å². The minimum absolute atomic E-state index is 0.179. The topological polar surface area (TPSA) is 47.6 Å². The van der Waals surface area contributed by atoms with Gasteiger partial charge in [0.25, 0.3) is 5.91 Å². The van der Waals surface area contributed by atoms with Crippen LogP contribution in [-0.2, 0) is 6.42 Å². The van der Waals surface area contributed by atoms with Gasteiger partial charge in [-0.3, -0.25) is 4.79 Å². The highest BCUT2D eigenvalue weighted by Crippen LogP contribution is 2.33. The van der Waals surface area contributed by atoms with Crippen LogP contribution in [0.4, 0.5) is 8.78 Å². The normalized spacial score (nSPS) is 14.9. The molecule has 0 spiro atoms. The van der Waals surface area contributed by atoms with Gasteiger partial charge in [-0.15, -0.1) is 0 Å². The van der Waals surface area contributed by atoms with E-state index in [2.05, 4.69) is 5.32 Å². The van der Waals surface area contributed by atoms with E-state index in [4.69, 9.17) is 9.47 Å². The predicted molar refractivity (Wildman–Crippen MR) is 99.8 cm³/mol. The molecule has 4 rings (SSSR count). The maximum Gasteiger partial charge on any atom is 0.254 e. The number of hydrogen-bond donors (Lipinski definition) is 1. The zero-order valence-corrected chi connectivity index (χ0v) is 14.8. The lowest BCUT2D eigenvalue weighted by atomic mass is 10.1. The zero-order valence-electron chi connectivity index (χ0n) is 14.8. The van der Waals surface area contributed by atoms with Crippen LogP contribution in [0.15, 0.2) is 66.7 Å². The Hall–Kier alpha value is -3.41. The first-order chi connectivity index (χ1) is 13.6. The maximum absolute atomic E-state index is 13.7. The van der Waals surface area contributed by atoms with Crippen molar-refractivity contribution in [3.8, 4) is 17.2 Å². The minimum Gasteiger partial charge on any atom is -0.488 e. The number of benzene rings is 3. The van der Waals surface area contributed by atoms with Gasteiger partial charge in [-0.05, 0) is 48.5 Å². The summed E-state index contributed by atoms with van der Waals surface area (Å²) in [4.78, 5) is 12.1. The number of fused-ring (bicyclic) bond motifs is 1. The van der Waals surface area contributed by atoms with Crippen molar-refractivity contribution in [2.75, 3.05) is 6.54 Å². The molecule has 1 amide bonds.